The zero-order chi connectivity index (χ0) is 10.8. The molecule has 2 heterocycles. The van der Waals surface area contributed by atoms with Crippen molar-refractivity contribution in [3.8, 4) is 0 Å². The van der Waals surface area contributed by atoms with E-state index in [4.69, 9.17) is 11.6 Å². The predicted molar refractivity (Wildman–Crippen MR) is 62.0 cm³/mol. The monoisotopic (exact) mass is 258 g/mol. The van der Waals surface area contributed by atoms with Crippen molar-refractivity contribution in [1.82, 2.24) is 9.59 Å². The summed E-state index contributed by atoms with van der Waals surface area (Å²) in [6, 6.07) is 3.67. The van der Waals surface area contributed by atoms with E-state index in [0.717, 1.165) is 16.4 Å². The quantitative estimate of drug-likeness (QED) is 0.795. The van der Waals surface area contributed by atoms with Crippen molar-refractivity contribution in [1.29, 1.82) is 0 Å². The van der Waals surface area contributed by atoms with E-state index in [1.54, 1.807) is 13.0 Å². The Labute approximate surface area is 99.9 Å². The minimum atomic E-state index is 0.0565. The Morgan fingerprint density at radius 2 is 2.33 bits per heavy atom. The van der Waals surface area contributed by atoms with Gasteiger partial charge in [-0.05, 0) is 30.6 Å². The first kappa shape index (κ1) is 10.7. The first-order valence-electron chi connectivity index (χ1n) is 4.23. The average Bonchev–Trinajstić information content (AvgIpc) is 2.75. The van der Waals surface area contributed by atoms with Gasteiger partial charge in [0.2, 0.25) is 0 Å². The first-order valence-corrected chi connectivity index (χ1v) is 6.20. The van der Waals surface area contributed by atoms with E-state index in [2.05, 4.69) is 9.59 Å². The molecular weight excluding hydrogens is 252 g/mol. The SMILES string of the molecule is Cc1nnsc1C(=O)Cc1ccc(Cl)s1. The van der Waals surface area contributed by atoms with Crippen molar-refractivity contribution in [2.75, 3.05) is 0 Å². The molecule has 0 aliphatic heterocycles. The topological polar surface area (TPSA) is 42.9 Å². The molecule has 0 fully saturated rings. The third kappa shape index (κ3) is 2.42. The van der Waals surface area contributed by atoms with Crippen molar-refractivity contribution >= 4 is 40.3 Å². The van der Waals surface area contributed by atoms with Crippen LogP contribution in [-0.2, 0) is 6.42 Å². The van der Waals surface area contributed by atoms with E-state index in [9.17, 15) is 4.79 Å². The maximum Gasteiger partial charge on any atom is 0.181 e. The maximum absolute atomic E-state index is 11.8. The van der Waals surface area contributed by atoms with Gasteiger partial charge in [-0.3, -0.25) is 4.79 Å². The number of hydrogen-bond acceptors (Lipinski definition) is 5. The van der Waals surface area contributed by atoms with Gasteiger partial charge in [-0.25, -0.2) is 0 Å². The van der Waals surface area contributed by atoms with Gasteiger partial charge in [0.15, 0.2) is 5.78 Å². The van der Waals surface area contributed by atoms with Crippen LogP contribution >= 0.6 is 34.5 Å². The highest BCUT2D eigenvalue weighted by molar-refractivity contribution is 7.16. The van der Waals surface area contributed by atoms with Crippen molar-refractivity contribution in [3.05, 3.63) is 31.9 Å². The van der Waals surface area contributed by atoms with Crippen LogP contribution in [0.3, 0.4) is 0 Å². The Morgan fingerprint density at radius 1 is 1.53 bits per heavy atom. The number of Topliss-reactive ketones (excluding diaryl/α,β-unsaturated/α-hetero) is 1. The Bertz CT molecular complexity index is 492. The molecule has 3 nitrogen and oxygen atoms in total. The number of nitrogens with zero attached hydrogens (tertiary/aromatic N) is 2. The summed E-state index contributed by atoms with van der Waals surface area (Å²) in [6.45, 7) is 1.79. The van der Waals surface area contributed by atoms with E-state index < -0.39 is 0 Å². The largest absolute Gasteiger partial charge is 0.293 e. The van der Waals surface area contributed by atoms with Crippen LogP contribution in [0.5, 0.6) is 0 Å². The fourth-order valence-electron chi connectivity index (χ4n) is 1.17. The van der Waals surface area contributed by atoms with Gasteiger partial charge in [0.25, 0.3) is 0 Å². The molecular formula is C9H7ClN2OS2. The fraction of sp³-hybridized carbons (Fsp3) is 0.222. The number of aryl methyl sites for hydroxylation is 1. The smallest absolute Gasteiger partial charge is 0.181 e. The van der Waals surface area contributed by atoms with Gasteiger partial charge in [0.05, 0.1) is 10.0 Å². The minimum absolute atomic E-state index is 0.0565. The zero-order valence-electron chi connectivity index (χ0n) is 7.86. The molecule has 0 saturated heterocycles. The number of hydrogen-bond donors (Lipinski definition) is 0. The summed E-state index contributed by atoms with van der Waals surface area (Å²) in [5.74, 6) is 0.0565. The summed E-state index contributed by atoms with van der Waals surface area (Å²) < 4.78 is 4.44. The standard InChI is InChI=1S/C9H7ClN2OS2/c1-5-9(15-12-11-5)7(13)4-6-2-3-8(10)14-6/h2-3H,4H2,1H3. The van der Waals surface area contributed by atoms with Gasteiger partial charge < -0.3 is 0 Å². The van der Waals surface area contributed by atoms with Gasteiger partial charge >= 0.3 is 0 Å². The fourth-order valence-corrected chi connectivity index (χ4v) is 2.85. The number of carbonyl (C=O) groups excluding carboxylic acids is 1. The summed E-state index contributed by atoms with van der Waals surface area (Å²) in [7, 11) is 0. The Kier molecular flexibility index (Phi) is 3.14. The normalized spacial score (nSPS) is 10.5. The van der Waals surface area contributed by atoms with Gasteiger partial charge in [-0.1, -0.05) is 16.1 Å². The molecule has 0 unspecified atom stereocenters. The van der Waals surface area contributed by atoms with Crippen LogP contribution in [0.15, 0.2) is 12.1 Å². The molecule has 0 N–H and O–H groups in total. The molecule has 0 amide bonds. The summed E-state index contributed by atoms with van der Waals surface area (Å²) in [5.41, 5.74) is 0.702. The van der Waals surface area contributed by atoms with Gasteiger partial charge in [-0.2, -0.15) is 0 Å². The number of thiophene rings is 1. The Hall–Kier alpha value is -0.780. The molecule has 6 heteroatoms. The zero-order valence-corrected chi connectivity index (χ0v) is 10.2. The van der Waals surface area contributed by atoms with Crippen molar-refractivity contribution in [2.24, 2.45) is 0 Å². The lowest BCUT2D eigenvalue weighted by Gasteiger charge is -1.94. The molecule has 0 bridgehead atoms. The van der Waals surface area contributed by atoms with E-state index in [-0.39, 0.29) is 5.78 Å². The van der Waals surface area contributed by atoms with Gasteiger partial charge in [0.1, 0.15) is 4.88 Å². The summed E-state index contributed by atoms with van der Waals surface area (Å²) >= 11 is 8.36. The number of aromatic nitrogens is 2. The van der Waals surface area contributed by atoms with Crippen LogP contribution < -0.4 is 0 Å². The molecule has 0 aliphatic carbocycles. The molecule has 2 aromatic heterocycles. The minimum Gasteiger partial charge on any atom is -0.293 e. The van der Waals surface area contributed by atoms with E-state index in [0.29, 0.717) is 21.3 Å². The second-order valence-corrected chi connectivity index (χ2v) is 5.55. The first-order chi connectivity index (χ1) is 7.16. The highest BCUT2D eigenvalue weighted by Gasteiger charge is 2.14. The van der Waals surface area contributed by atoms with E-state index in [1.807, 2.05) is 6.07 Å². The third-order valence-corrected chi connectivity index (χ3v) is 3.97. The summed E-state index contributed by atoms with van der Waals surface area (Å²) in [5, 5.41) is 3.81. The highest BCUT2D eigenvalue weighted by atomic mass is 35.5. The molecule has 2 rings (SSSR count). The lowest BCUT2D eigenvalue weighted by Crippen LogP contribution is -2.01. The third-order valence-electron chi connectivity index (χ3n) is 1.87. The summed E-state index contributed by atoms with van der Waals surface area (Å²) in [6.07, 6.45) is 0.377. The highest BCUT2D eigenvalue weighted by Crippen LogP contribution is 2.23. The number of ketones is 1. The Morgan fingerprint density at radius 3 is 2.87 bits per heavy atom. The van der Waals surface area contributed by atoms with Crippen LogP contribution in [-0.4, -0.2) is 15.4 Å². The van der Waals surface area contributed by atoms with Crippen molar-refractivity contribution < 1.29 is 4.79 Å². The molecule has 0 atom stereocenters. The summed E-state index contributed by atoms with van der Waals surface area (Å²) in [4.78, 5) is 13.4. The molecule has 15 heavy (non-hydrogen) atoms. The molecule has 0 saturated carbocycles. The average molecular weight is 259 g/mol. The van der Waals surface area contributed by atoms with Crippen LogP contribution in [0, 0.1) is 6.92 Å². The van der Waals surface area contributed by atoms with Crippen molar-refractivity contribution in [3.63, 3.8) is 0 Å². The molecule has 2 aromatic rings. The van der Waals surface area contributed by atoms with Crippen LogP contribution in [0.1, 0.15) is 20.2 Å². The number of halogens is 1. The molecule has 0 spiro atoms. The number of rotatable bonds is 3. The molecule has 0 aliphatic rings. The predicted octanol–water partition coefficient (Wildman–Crippen LogP) is 2.99. The number of carbonyl (C=O) groups is 1. The van der Waals surface area contributed by atoms with Crippen molar-refractivity contribution in [2.45, 2.75) is 13.3 Å². The molecule has 0 radical (unpaired) electrons. The second-order valence-electron chi connectivity index (χ2n) is 2.99. The van der Waals surface area contributed by atoms with Gasteiger partial charge in [-0.15, -0.1) is 16.4 Å². The maximum atomic E-state index is 11.8. The lowest BCUT2D eigenvalue weighted by atomic mass is 10.2. The van der Waals surface area contributed by atoms with E-state index in [1.165, 1.54) is 11.3 Å². The molecule has 78 valence electrons. The lowest BCUT2D eigenvalue weighted by molar-refractivity contribution is 0.0997. The molecule has 0 aromatic carbocycles. The van der Waals surface area contributed by atoms with Crippen LogP contribution in [0.4, 0.5) is 0 Å². The van der Waals surface area contributed by atoms with Crippen LogP contribution in [0.2, 0.25) is 4.34 Å². The Balaban J connectivity index is 2.14. The van der Waals surface area contributed by atoms with Crippen LogP contribution in [0.25, 0.3) is 0 Å². The second kappa shape index (κ2) is 4.38. The van der Waals surface area contributed by atoms with Gasteiger partial charge in [0, 0.05) is 11.3 Å². The van der Waals surface area contributed by atoms with E-state index >= 15 is 0 Å².